The third kappa shape index (κ3) is 2.34. The topological polar surface area (TPSA) is 46.2 Å². The Labute approximate surface area is 66.0 Å². The highest BCUT2D eigenvalue weighted by atomic mass is 16.2. The summed E-state index contributed by atoms with van der Waals surface area (Å²) in [6, 6.07) is 9.77. The molecule has 0 aromatic heterocycles. The number of benzene rings is 1. The number of nitrogens with two attached hydrogens (primary N) is 1. The second-order valence-electron chi connectivity index (χ2n) is 2.37. The molecule has 0 aliphatic heterocycles. The average Bonchev–Trinajstić information content (AvgIpc) is 2.06. The normalized spacial score (nSPS) is 11.5. The molecule has 0 bridgehead atoms. The van der Waals surface area contributed by atoms with Gasteiger partial charge in [0.05, 0.1) is 6.26 Å². The van der Waals surface area contributed by atoms with Crippen molar-refractivity contribution in [2.45, 2.75) is 6.42 Å². The molecule has 0 spiro atoms. The quantitative estimate of drug-likeness (QED) is 0.627. The summed E-state index contributed by atoms with van der Waals surface area (Å²) in [5.41, 5.74) is 7.01. The number of allylic oxidation sites excluding steroid dienone is 1. The van der Waals surface area contributed by atoms with E-state index in [0.717, 1.165) is 11.8 Å². The number of hydrogen-bond acceptors (Lipinski definition) is 2. The molecule has 0 aliphatic rings. The van der Waals surface area contributed by atoms with Gasteiger partial charge in [-0.25, -0.2) is 0 Å². The van der Waals surface area contributed by atoms with Gasteiger partial charge in [-0.05, 0) is 5.56 Å². The summed E-state index contributed by atoms with van der Waals surface area (Å²) < 4.78 is 0. The molecule has 0 fully saturated rings. The average molecular weight is 149 g/mol. The van der Waals surface area contributed by atoms with Crippen LogP contribution in [0.2, 0.25) is 0 Å². The number of aliphatic hydroxyl groups is 1. The molecule has 11 heavy (non-hydrogen) atoms. The fourth-order valence-corrected chi connectivity index (χ4v) is 0.877. The van der Waals surface area contributed by atoms with E-state index in [1.54, 1.807) is 0 Å². The maximum absolute atomic E-state index is 8.51. The first-order valence-corrected chi connectivity index (χ1v) is 3.45. The fourth-order valence-electron chi connectivity index (χ4n) is 0.877. The van der Waals surface area contributed by atoms with Gasteiger partial charge in [0.15, 0.2) is 0 Å². The second-order valence-corrected chi connectivity index (χ2v) is 2.37. The third-order valence-corrected chi connectivity index (χ3v) is 1.42. The number of rotatable bonds is 2. The molecule has 2 nitrogen and oxygen atoms in total. The van der Waals surface area contributed by atoms with Crippen LogP contribution in [-0.2, 0) is 6.42 Å². The molecular formula is C9H11NO. The molecule has 1 rings (SSSR count). The van der Waals surface area contributed by atoms with Crippen LogP contribution >= 0.6 is 0 Å². The van der Waals surface area contributed by atoms with Crippen molar-refractivity contribution in [3.8, 4) is 0 Å². The predicted octanol–water partition coefficient (Wildman–Crippen LogP) is 1.59. The minimum Gasteiger partial charge on any atom is -0.514 e. The molecule has 0 radical (unpaired) electrons. The maximum Gasteiger partial charge on any atom is 0.0982 e. The zero-order valence-electron chi connectivity index (χ0n) is 6.20. The lowest BCUT2D eigenvalue weighted by molar-refractivity contribution is 0.464. The van der Waals surface area contributed by atoms with Gasteiger partial charge in [-0.3, -0.25) is 0 Å². The summed E-state index contributed by atoms with van der Waals surface area (Å²) in [6.07, 6.45) is 1.55. The standard InChI is InChI=1S/C9H11NO/c10-9(7-11)6-8-4-2-1-3-5-8/h1-5,7,11H,6,10H2/b9-7+. The van der Waals surface area contributed by atoms with E-state index in [0.29, 0.717) is 12.1 Å². The van der Waals surface area contributed by atoms with Gasteiger partial charge in [0.25, 0.3) is 0 Å². The van der Waals surface area contributed by atoms with Crippen molar-refractivity contribution >= 4 is 0 Å². The lowest BCUT2D eigenvalue weighted by Crippen LogP contribution is -2.00. The Hall–Kier alpha value is -1.44. The Kier molecular flexibility index (Phi) is 2.55. The lowest BCUT2D eigenvalue weighted by atomic mass is 10.1. The van der Waals surface area contributed by atoms with E-state index in [2.05, 4.69) is 0 Å². The van der Waals surface area contributed by atoms with Gasteiger partial charge in [0, 0.05) is 12.1 Å². The van der Waals surface area contributed by atoms with Gasteiger partial charge in [-0.2, -0.15) is 0 Å². The lowest BCUT2D eigenvalue weighted by Gasteiger charge is -1.98. The van der Waals surface area contributed by atoms with Crippen LogP contribution in [0.15, 0.2) is 42.3 Å². The highest BCUT2D eigenvalue weighted by Gasteiger charge is 1.92. The van der Waals surface area contributed by atoms with Crippen LogP contribution in [0.1, 0.15) is 5.56 Å². The minimum atomic E-state index is 0.483. The van der Waals surface area contributed by atoms with Gasteiger partial charge >= 0.3 is 0 Å². The first-order chi connectivity index (χ1) is 5.33. The highest BCUT2D eigenvalue weighted by Crippen LogP contribution is 2.02. The van der Waals surface area contributed by atoms with Crippen LogP contribution in [0.4, 0.5) is 0 Å². The Morgan fingerprint density at radius 1 is 1.36 bits per heavy atom. The van der Waals surface area contributed by atoms with E-state index in [1.807, 2.05) is 30.3 Å². The molecule has 2 heteroatoms. The van der Waals surface area contributed by atoms with Crippen molar-refractivity contribution in [3.63, 3.8) is 0 Å². The molecule has 0 unspecified atom stereocenters. The Balaban J connectivity index is 2.65. The van der Waals surface area contributed by atoms with Crippen LogP contribution in [0.5, 0.6) is 0 Å². The van der Waals surface area contributed by atoms with Crippen molar-refractivity contribution in [2.24, 2.45) is 5.73 Å². The van der Waals surface area contributed by atoms with Gasteiger partial charge in [0.2, 0.25) is 0 Å². The molecule has 0 saturated heterocycles. The van der Waals surface area contributed by atoms with Crippen LogP contribution in [0.3, 0.4) is 0 Å². The summed E-state index contributed by atoms with van der Waals surface area (Å²) in [5, 5.41) is 8.51. The van der Waals surface area contributed by atoms with Crippen LogP contribution in [0.25, 0.3) is 0 Å². The second kappa shape index (κ2) is 3.66. The maximum atomic E-state index is 8.51. The van der Waals surface area contributed by atoms with E-state index < -0.39 is 0 Å². The Morgan fingerprint density at radius 2 is 2.00 bits per heavy atom. The van der Waals surface area contributed by atoms with E-state index in [9.17, 15) is 0 Å². The predicted molar refractivity (Wildman–Crippen MR) is 45.0 cm³/mol. The van der Waals surface area contributed by atoms with Crippen molar-refractivity contribution < 1.29 is 5.11 Å². The zero-order valence-corrected chi connectivity index (χ0v) is 6.20. The number of aliphatic hydroxyl groups excluding tert-OH is 1. The molecule has 0 heterocycles. The first-order valence-electron chi connectivity index (χ1n) is 3.45. The minimum absolute atomic E-state index is 0.483. The molecule has 0 aliphatic carbocycles. The van der Waals surface area contributed by atoms with Crippen molar-refractivity contribution in [2.75, 3.05) is 0 Å². The van der Waals surface area contributed by atoms with Gasteiger partial charge in [-0.1, -0.05) is 30.3 Å². The molecule has 1 aromatic rings. The fraction of sp³-hybridized carbons (Fsp3) is 0.111. The summed E-state index contributed by atoms with van der Waals surface area (Å²) in [7, 11) is 0. The van der Waals surface area contributed by atoms with E-state index >= 15 is 0 Å². The summed E-state index contributed by atoms with van der Waals surface area (Å²) in [6.45, 7) is 0. The monoisotopic (exact) mass is 149 g/mol. The SMILES string of the molecule is N/C(=C/O)Cc1ccccc1. The first kappa shape index (κ1) is 7.66. The molecule has 58 valence electrons. The van der Waals surface area contributed by atoms with Crippen LogP contribution in [-0.4, -0.2) is 5.11 Å². The molecular weight excluding hydrogens is 138 g/mol. The molecule has 3 N–H and O–H groups in total. The molecule has 1 aromatic carbocycles. The molecule has 0 amide bonds. The van der Waals surface area contributed by atoms with Crippen molar-refractivity contribution in [1.29, 1.82) is 0 Å². The Bertz CT molecular complexity index is 241. The van der Waals surface area contributed by atoms with Crippen molar-refractivity contribution in [1.82, 2.24) is 0 Å². The van der Waals surface area contributed by atoms with Crippen molar-refractivity contribution in [3.05, 3.63) is 47.9 Å². The summed E-state index contributed by atoms with van der Waals surface area (Å²) >= 11 is 0. The molecule has 0 saturated carbocycles. The van der Waals surface area contributed by atoms with E-state index in [-0.39, 0.29) is 0 Å². The largest absolute Gasteiger partial charge is 0.514 e. The third-order valence-electron chi connectivity index (χ3n) is 1.42. The highest BCUT2D eigenvalue weighted by molar-refractivity contribution is 5.19. The number of hydrogen-bond donors (Lipinski definition) is 2. The van der Waals surface area contributed by atoms with Gasteiger partial charge < -0.3 is 10.8 Å². The van der Waals surface area contributed by atoms with Crippen LogP contribution in [0, 0.1) is 0 Å². The van der Waals surface area contributed by atoms with E-state index in [1.165, 1.54) is 0 Å². The van der Waals surface area contributed by atoms with Gasteiger partial charge in [0.1, 0.15) is 0 Å². The smallest absolute Gasteiger partial charge is 0.0982 e. The zero-order chi connectivity index (χ0) is 8.10. The Morgan fingerprint density at radius 3 is 2.55 bits per heavy atom. The van der Waals surface area contributed by atoms with E-state index in [4.69, 9.17) is 10.8 Å². The summed E-state index contributed by atoms with van der Waals surface area (Å²) in [4.78, 5) is 0. The summed E-state index contributed by atoms with van der Waals surface area (Å²) in [5.74, 6) is 0. The van der Waals surface area contributed by atoms with Gasteiger partial charge in [-0.15, -0.1) is 0 Å². The molecule has 0 atom stereocenters. The van der Waals surface area contributed by atoms with Crippen LogP contribution < -0.4 is 5.73 Å².